The van der Waals surface area contributed by atoms with Crippen LogP contribution in [0.3, 0.4) is 0 Å². The molecule has 1 aliphatic carbocycles. The molecule has 0 bridgehead atoms. The Morgan fingerprint density at radius 3 is 2.53 bits per heavy atom. The molecule has 1 saturated carbocycles. The predicted octanol–water partition coefficient (Wildman–Crippen LogP) is 2.67. The number of hydrogen-bond acceptors (Lipinski definition) is 3. The molecule has 2 N–H and O–H groups in total. The molecule has 94 valence electrons. The summed E-state index contributed by atoms with van der Waals surface area (Å²) in [4.78, 5) is 4.73. The predicted molar refractivity (Wildman–Crippen MR) is 66.8 cm³/mol. The summed E-state index contributed by atoms with van der Waals surface area (Å²) in [5, 5.41) is 11.1. The SMILES string of the molecule is C1CCC(c2n[nH]c([C@H]3CCCCN3)n2)CC1. The lowest BCUT2D eigenvalue weighted by atomic mass is 9.89. The summed E-state index contributed by atoms with van der Waals surface area (Å²) in [6, 6.07) is 0.411. The fourth-order valence-electron chi connectivity index (χ4n) is 3.07. The topological polar surface area (TPSA) is 53.6 Å². The van der Waals surface area contributed by atoms with E-state index in [4.69, 9.17) is 4.98 Å². The molecule has 1 aliphatic heterocycles. The first kappa shape index (κ1) is 11.2. The number of nitrogens with one attached hydrogen (secondary N) is 2. The lowest BCUT2D eigenvalue weighted by Crippen LogP contribution is -2.27. The minimum atomic E-state index is 0.411. The van der Waals surface area contributed by atoms with Crippen LogP contribution in [0.2, 0.25) is 0 Å². The number of nitrogens with zero attached hydrogens (tertiary/aromatic N) is 2. The van der Waals surface area contributed by atoms with Crippen molar-refractivity contribution in [1.29, 1.82) is 0 Å². The van der Waals surface area contributed by atoms with Gasteiger partial charge in [0.15, 0.2) is 5.82 Å². The van der Waals surface area contributed by atoms with E-state index in [2.05, 4.69) is 15.5 Å². The van der Waals surface area contributed by atoms with Crippen molar-refractivity contribution in [2.45, 2.75) is 63.3 Å². The zero-order valence-corrected chi connectivity index (χ0v) is 10.4. The van der Waals surface area contributed by atoms with Crippen LogP contribution < -0.4 is 5.32 Å². The molecule has 4 nitrogen and oxygen atoms in total. The monoisotopic (exact) mass is 234 g/mol. The van der Waals surface area contributed by atoms with Crippen molar-refractivity contribution in [3.8, 4) is 0 Å². The first-order chi connectivity index (χ1) is 8.43. The van der Waals surface area contributed by atoms with Crippen molar-refractivity contribution in [2.75, 3.05) is 6.54 Å². The summed E-state index contributed by atoms with van der Waals surface area (Å²) >= 11 is 0. The van der Waals surface area contributed by atoms with Gasteiger partial charge in [-0.3, -0.25) is 5.10 Å². The van der Waals surface area contributed by atoms with Crippen LogP contribution in [-0.4, -0.2) is 21.7 Å². The summed E-state index contributed by atoms with van der Waals surface area (Å²) in [7, 11) is 0. The van der Waals surface area contributed by atoms with E-state index in [0.717, 1.165) is 18.2 Å². The molecule has 1 atom stereocenters. The number of hydrogen-bond donors (Lipinski definition) is 2. The van der Waals surface area contributed by atoms with E-state index < -0.39 is 0 Å². The summed E-state index contributed by atoms with van der Waals surface area (Å²) in [6.07, 6.45) is 10.4. The molecule has 0 amide bonds. The first-order valence-electron chi connectivity index (χ1n) is 7.09. The fraction of sp³-hybridized carbons (Fsp3) is 0.846. The molecule has 3 rings (SSSR count). The molecule has 1 aromatic rings. The van der Waals surface area contributed by atoms with Crippen LogP contribution in [0.25, 0.3) is 0 Å². The highest BCUT2D eigenvalue weighted by molar-refractivity contribution is 5.03. The lowest BCUT2D eigenvalue weighted by molar-refractivity contribution is 0.396. The van der Waals surface area contributed by atoms with Crippen LogP contribution in [0.15, 0.2) is 0 Å². The third-order valence-electron chi connectivity index (χ3n) is 4.13. The highest BCUT2D eigenvalue weighted by Crippen LogP contribution is 2.31. The summed E-state index contributed by atoms with van der Waals surface area (Å²) < 4.78 is 0. The Bertz CT molecular complexity index is 316. The van der Waals surface area contributed by atoms with E-state index in [1.165, 1.54) is 51.4 Å². The van der Waals surface area contributed by atoms with Crippen LogP contribution in [-0.2, 0) is 0 Å². The van der Waals surface area contributed by atoms with Crippen LogP contribution in [0.5, 0.6) is 0 Å². The molecule has 0 aromatic carbocycles. The largest absolute Gasteiger partial charge is 0.307 e. The molecule has 4 heteroatoms. The number of rotatable bonds is 2. The van der Waals surface area contributed by atoms with Crippen molar-refractivity contribution in [3.05, 3.63) is 11.6 Å². The summed E-state index contributed by atoms with van der Waals surface area (Å²) in [6.45, 7) is 1.12. The normalized spacial score (nSPS) is 27.2. The molecule has 1 saturated heterocycles. The van der Waals surface area contributed by atoms with E-state index in [1.54, 1.807) is 0 Å². The maximum atomic E-state index is 4.73. The van der Waals surface area contributed by atoms with Gasteiger partial charge in [-0.15, -0.1) is 0 Å². The van der Waals surface area contributed by atoms with Crippen LogP contribution in [0.4, 0.5) is 0 Å². The summed E-state index contributed by atoms with van der Waals surface area (Å²) in [5.74, 6) is 2.73. The third-order valence-corrected chi connectivity index (χ3v) is 4.13. The van der Waals surface area contributed by atoms with Gasteiger partial charge in [0.1, 0.15) is 5.82 Å². The van der Waals surface area contributed by atoms with E-state index in [0.29, 0.717) is 12.0 Å². The van der Waals surface area contributed by atoms with Gasteiger partial charge < -0.3 is 5.32 Å². The van der Waals surface area contributed by atoms with Gasteiger partial charge in [-0.25, -0.2) is 4.98 Å². The molecule has 0 spiro atoms. The second-order valence-corrected chi connectivity index (χ2v) is 5.42. The Labute approximate surface area is 103 Å². The third kappa shape index (κ3) is 2.51. The number of piperidine rings is 1. The molecule has 0 radical (unpaired) electrons. The van der Waals surface area contributed by atoms with Gasteiger partial charge in [0.05, 0.1) is 6.04 Å². The van der Waals surface area contributed by atoms with Crippen molar-refractivity contribution >= 4 is 0 Å². The van der Waals surface area contributed by atoms with E-state index in [1.807, 2.05) is 0 Å². The average Bonchev–Trinajstić information content (AvgIpc) is 2.90. The second kappa shape index (κ2) is 5.17. The minimum absolute atomic E-state index is 0.411. The molecule has 0 unspecified atom stereocenters. The zero-order valence-electron chi connectivity index (χ0n) is 10.4. The van der Waals surface area contributed by atoms with E-state index in [-0.39, 0.29) is 0 Å². The number of aromatic amines is 1. The number of H-pyrrole nitrogens is 1. The maximum absolute atomic E-state index is 4.73. The molecule has 2 heterocycles. The van der Waals surface area contributed by atoms with E-state index in [9.17, 15) is 0 Å². The van der Waals surface area contributed by atoms with Gasteiger partial charge >= 0.3 is 0 Å². The van der Waals surface area contributed by atoms with Crippen LogP contribution in [0, 0.1) is 0 Å². The van der Waals surface area contributed by atoms with E-state index >= 15 is 0 Å². The molecular weight excluding hydrogens is 212 g/mol. The van der Waals surface area contributed by atoms with Gasteiger partial charge in [0.2, 0.25) is 0 Å². The Kier molecular flexibility index (Phi) is 3.41. The molecule has 2 fully saturated rings. The Hall–Kier alpha value is -0.900. The van der Waals surface area contributed by atoms with Crippen LogP contribution in [0.1, 0.15) is 75.0 Å². The Balaban J connectivity index is 1.68. The van der Waals surface area contributed by atoms with Gasteiger partial charge in [-0.05, 0) is 32.2 Å². The molecular formula is C13H22N4. The average molecular weight is 234 g/mol. The summed E-state index contributed by atoms with van der Waals surface area (Å²) in [5.41, 5.74) is 0. The highest BCUT2D eigenvalue weighted by Gasteiger charge is 2.23. The number of aromatic nitrogens is 3. The van der Waals surface area contributed by atoms with Gasteiger partial charge in [0.25, 0.3) is 0 Å². The highest BCUT2D eigenvalue weighted by atomic mass is 15.2. The Morgan fingerprint density at radius 2 is 1.76 bits per heavy atom. The Morgan fingerprint density at radius 1 is 0.941 bits per heavy atom. The first-order valence-corrected chi connectivity index (χ1v) is 7.09. The van der Waals surface area contributed by atoms with Gasteiger partial charge in [-0.1, -0.05) is 25.7 Å². The molecule has 1 aromatic heterocycles. The van der Waals surface area contributed by atoms with Crippen LogP contribution >= 0.6 is 0 Å². The smallest absolute Gasteiger partial charge is 0.153 e. The fourth-order valence-corrected chi connectivity index (χ4v) is 3.07. The van der Waals surface area contributed by atoms with Crippen molar-refractivity contribution < 1.29 is 0 Å². The maximum Gasteiger partial charge on any atom is 0.153 e. The second-order valence-electron chi connectivity index (χ2n) is 5.42. The molecule has 17 heavy (non-hydrogen) atoms. The van der Waals surface area contributed by atoms with Crippen molar-refractivity contribution in [3.63, 3.8) is 0 Å². The lowest BCUT2D eigenvalue weighted by Gasteiger charge is -2.21. The molecule has 2 aliphatic rings. The van der Waals surface area contributed by atoms with Gasteiger partial charge in [0, 0.05) is 5.92 Å². The quantitative estimate of drug-likeness (QED) is 0.827. The standard InChI is InChI=1S/C13H22N4/c1-2-6-10(7-3-1)12-15-13(17-16-12)11-8-4-5-9-14-11/h10-11,14H,1-9H2,(H,15,16,17)/t11-/m1/s1. The minimum Gasteiger partial charge on any atom is -0.307 e. The van der Waals surface area contributed by atoms with Gasteiger partial charge in [-0.2, -0.15) is 5.10 Å². The zero-order chi connectivity index (χ0) is 11.5. The van der Waals surface area contributed by atoms with Crippen molar-refractivity contribution in [2.24, 2.45) is 0 Å². The van der Waals surface area contributed by atoms with Crippen molar-refractivity contribution in [1.82, 2.24) is 20.5 Å².